The van der Waals surface area contributed by atoms with E-state index in [0.717, 1.165) is 6.04 Å². The van der Waals surface area contributed by atoms with E-state index >= 15 is 0 Å². The topological polar surface area (TPSA) is 0 Å². The van der Waals surface area contributed by atoms with E-state index in [0.29, 0.717) is 0 Å². The lowest BCUT2D eigenvalue weighted by Gasteiger charge is -2.04. The monoisotopic (exact) mass is 562 g/mol. The molecule has 0 unspecified atom stereocenters. The number of halogens is 3. The Bertz CT molecular complexity index is 277. The first-order valence-electron chi connectivity index (χ1n) is 12.6. The van der Waals surface area contributed by atoms with E-state index in [1.54, 1.807) is 0 Å². The highest BCUT2D eigenvalue weighted by molar-refractivity contribution is 14.1. The lowest BCUT2D eigenvalue weighted by Crippen LogP contribution is -1.91. The highest BCUT2D eigenvalue weighted by Gasteiger charge is 2.00. The summed E-state index contributed by atoms with van der Waals surface area (Å²) < 4.78 is 1.34. The van der Waals surface area contributed by atoms with E-state index in [4.69, 9.17) is 22.2 Å². The summed E-state index contributed by atoms with van der Waals surface area (Å²) in [5.41, 5.74) is 0. The molecule has 0 aromatic rings. The van der Waals surface area contributed by atoms with Crippen molar-refractivity contribution in [1.29, 1.82) is 0 Å². The van der Waals surface area contributed by atoms with Gasteiger partial charge in [0.1, 0.15) is 0 Å². The number of hydrogen-bond acceptors (Lipinski definition) is 0. The highest BCUT2D eigenvalue weighted by Crippen LogP contribution is 2.16. The molecule has 170 valence electrons. The molecule has 0 nitrogen and oxygen atoms in total. The van der Waals surface area contributed by atoms with Crippen molar-refractivity contribution in [1.82, 2.24) is 0 Å². The van der Waals surface area contributed by atoms with Gasteiger partial charge in [0.25, 0.3) is 0 Å². The van der Waals surface area contributed by atoms with Gasteiger partial charge in [-0.2, -0.15) is 22.2 Å². The number of unbranched alkanes of at least 4 members (excludes halogenated alkanes) is 21. The smallest absolute Gasteiger partial charge is 0.150 e. The summed E-state index contributed by atoms with van der Waals surface area (Å²) in [5, 5.41) is 0. The maximum Gasteiger partial charge on any atom is 0.237 e. The molecule has 0 heterocycles. The minimum Gasteiger partial charge on any atom is -0.150 e. The zero-order chi connectivity index (χ0) is 20.5. The molecule has 0 saturated heterocycles. The first kappa shape index (κ1) is 29.5. The third-order valence-electron chi connectivity index (χ3n) is 5.81. The van der Waals surface area contributed by atoms with Crippen LogP contribution in [-0.4, -0.2) is 11.8 Å². The zero-order valence-electron chi connectivity index (χ0n) is 18.7. The molecule has 0 bridgehead atoms. The molecule has 0 saturated carbocycles. The van der Waals surface area contributed by atoms with Gasteiger partial charge in [-0.05, 0) is 16.9 Å². The summed E-state index contributed by atoms with van der Waals surface area (Å²) in [4.78, 5) is 0. The van der Waals surface area contributed by atoms with Gasteiger partial charge in [-0.15, -0.1) is 0 Å². The van der Waals surface area contributed by atoms with Gasteiger partial charge in [-0.25, -0.2) is 0 Å². The first-order chi connectivity index (χ1) is 13.8. The van der Waals surface area contributed by atoms with Gasteiger partial charge in [0, 0.05) is 0 Å². The van der Waals surface area contributed by atoms with E-state index < -0.39 is 7.42 Å². The average molecular weight is 564 g/mol. The summed E-state index contributed by atoms with van der Waals surface area (Å²) in [6, 6.07) is 1.10. The van der Waals surface area contributed by atoms with Crippen molar-refractivity contribution in [3.8, 4) is 0 Å². The molecule has 0 aliphatic rings. The van der Waals surface area contributed by atoms with Crippen LogP contribution in [-0.2, 0) is 0 Å². The van der Waals surface area contributed by atoms with Crippen LogP contribution < -0.4 is 0 Å². The van der Waals surface area contributed by atoms with Crippen LogP contribution in [0.2, 0.25) is 6.04 Å². The average Bonchev–Trinajstić information content (AvgIpc) is 2.68. The zero-order valence-corrected chi connectivity index (χ0v) is 23.5. The lowest BCUT2D eigenvalue weighted by molar-refractivity contribution is 0.520. The van der Waals surface area contributed by atoms with Crippen LogP contribution in [0.4, 0.5) is 0 Å². The standard InChI is InChI=1S/C24H49Cl2ISi/c25-28(26)24-22-20-18-16-14-12-10-8-6-4-2-1-3-5-7-9-11-13-15-17-19-21-23-27/h28H,1-24H2. The van der Waals surface area contributed by atoms with Gasteiger partial charge >= 0.3 is 0 Å². The molecule has 0 aliphatic carbocycles. The summed E-state index contributed by atoms with van der Waals surface area (Å²) in [6.07, 6.45) is 31.8. The molecule has 0 N–H and O–H groups in total. The second-order valence-electron chi connectivity index (χ2n) is 8.65. The van der Waals surface area contributed by atoms with Gasteiger partial charge in [0.2, 0.25) is 7.42 Å². The minimum atomic E-state index is -1.33. The van der Waals surface area contributed by atoms with E-state index in [9.17, 15) is 0 Å². The van der Waals surface area contributed by atoms with Gasteiger partial charge in [0.05, 0.1) is 0 Å². The van der Waals surface area contributed by atoms with Crippen molar-refractivity contribution < 1.29 is 0 Å². The Morgan fingerprint density at radius 3 is 0.786 bits per heavy atom. The molecule has 0 atom stereocenters. The van der Waals surface area contributed by atoms with Crippen LogP contribution in [0.15, 0.2) is 0 Å². The fourth-order valence-electron chi connectivity index (χ4n) is 3.93. The molecule has 0 spiro atoms. The molecule has 28 heavy (non-hydrogen) atoms. The van der Waals surface area contributed by atoms with Gasteiger partial charge in [-0.1, -0.05) is 157 Å². The van der Waals surface area contributed by atoms with Crippen LogP contribution in [0.5, 0.6) is 0 Å². The largest absolute Gasteiger partial charge is 0.237 e. The second kappa shape index (κ2) is 26.6. The molecular weight excluding hydrogens is 514 g/mol. The molecule has 0 aliphatic heterocycles. The van der Waals surface area contributed by atoms with Crippen LogP contribution in [0.3, 0.4) is 0 Å². The molecule has 0 aromatic heterocycles. The Morgan fingerprint density at radius 1 is 0.357 bits per heavy atom. The van der Waals surface area contributed by atoms with Crippen LogP contribution in [0, 0.1) is 0 Å². The van der Waals surface area contributed by atoms with E-state index in [1.165, 1.54) is 146 Å². The summed E-state index contributed by atoms with van der Waals surface area (Å²) in [6.45, 7) is 0. The third-order valence-corrected chi connectivity index (χ3v) is 8.72. The maximum atomic E-state index is 5.88. The second-order valence-corrected chi connectivity index (χ2v) is 14.9. The van der Waals surface area contributed by atoms with Gasteiger partial charge in [-0.3, -0.25) is 0 Å². The van der Waals surface area contributed by atoms with E-state index in [2.05, 4.69) is 22.6 Å². The Labute approximate surface area is 202 Å². The molecule has 0 fully saturated rings. The lowest BCUT2D eigenvalue weighted by atomic mass is 10.0. The van der Waals surface area contributed by atoms with Gasteiger partial charge < -0.3 is 0 Å². The van der Waals surface area contributed by atoms with Crippen LogP contribution >= 0.6 is 44.7 Å². The Balaban J connectivity index is 2.98. The molecule has 0 radical (unpaired) electrons. The molecule has 0 aromatic carbocycles. The van der Waals surface area contributed by atoms with Crippen LogP contribution in [0.1, 0.15) is 141 Å². The number of hydrogen-bond donors (Lipinski definition) is 0. The van der Waals surface area contributed by atoms with Crippen molar-refractivity contribution in [2.45, 2.75) is 147 Å². The molecular formula is C24H49Cl2ISi. The first-order valence-corrected chi connectivity index (χ1v) is 18.4. The van der Waals surface area contributed by atoms with Crippen molar-refractivity contribution in [2.24, 2.45) is 0 Å². The Morgan fingerprint density at radius 2 is 0.571 bits per heavy atom. The summed E-state index contributed by atoms with van der Waals surface area (Å²) >= 11 is 14.3. The highest BCUT2D eigenvalue weighted by atomic mass is 127. The van der Waals surface area contributed by atoms with Crippen molar-refractivity contribution in [3.63, 3.8) is 0 Å². The molecule has 0 rings (SSSR count). The Kier molecular flexibility index (Phi) is 28.0. The molecule has 0 amide bonds. The number of rotatable bonds is 24. The predicted octanol–water partition coefficient (Wildman–Crippen LogP) is 10.7. The van der Waals surface area contributed by atoms with Crippen molar-refractivity contribution >= 4 is 52.2 Å². The quantitative estimate of drug-likeness (QED) is 0.0360. The maximum absolute atomic E-state index is 5.88. The summed E-state index contributed by atoms with van der Waals surface area (Å²) in [7, 11) is -1.33. The fourth-order valence-corrected chi connectivity index (χ4v) is 5.99. The SMILES string of the molecule is Cl[SiH](Cl)CCCCCCCCCCCCCCCCCCCCCCCCI. The predicted molar refractivity (Wildman–Crippen MR) is 144 cm³/mol. The van der Waals surface area contributed by atoms with Crippen molar-refractivity contribution in [3.05, 3.63) is 0 Å². The van der Waals surface area contributed by atoms with Gasteiger partial charge in [0.15, 0.2) is 0 Å². The number of alkyl halides is 1. The normalized spacial score (nSPS) is 11.6. The van der Waals surface area contributed by atoms with E-state index in [1.807, 2.05) is 0 Å². The fraction of sp³-hybridized carbons (Fsp3) is 1.00. The summed E-state index contributed by atoms with van der Waals surface area (Å²) in [5.74, 6) is 0. The van der Waals surface area contributed by atoms with E-state index in [-0.39, 0.29) is 0 Å². The minimum absolute atomic E-state index is 1.10. The van der Waals surface area contributed by atoms with Crippen LogP contribution in [0.25, 0.3) is 0 Å². The Hall–Kier alpha value is 1.53. The third kappa shape index (κ3) is 27.5. The van der Waals surface area contributed by atoms with Crippen molar-refractivity contribution in [2.75, 3.05) is 4.43 Å². The molecule has 4 heteroatoms.